The summed E-state index contributed by atoms with van der Waals surface area (Å²) in [4.78, 5) is 19.9. The number of nitrogens with one attached hydrogen (secondary N) is 2. The number of hydrogen-bond acceptors (Lipinski definition) is 4. The van der Waals surface area contributed by atoms with E-state index in [0.717, 1.165) is 29.1 Å². The van der Waals surface area contributed by atoms with Gasteiger partial charge in [-0.3, -0.25) is 4.79 Å². The van der Waals surface area contributed by atoms with Crippen molar-refractivity contribution < 1.29 is 4.79 Å². The minimum Gasteiger partial charge on any atom is -0.369 e. The van der Waals surface area contributed by atoms with Crippen molar-refractivity contribution >= 4 is 27.7 Å². The van der Waals surface area contributed by atoms with Crippen LogP contribution in [0.4, 0.5) is 5.82 Å². The molecule has 0 aliphatic rings. The molecule has 0 aliphatic heterocycles. The molecule has 1 aromatic heterocycles. The van der Waals surface area contributed by atoms with Crippen LogP contribution in [0.3, 0.4) is 0 Å². The van der Waals surface area contributed by atoms with Gasteiger partial charge in [0.05, 0.1) is 0 Å². The molecule has 0 fully saturated rings. The van der Waals surface area contributed by atoms with E-state index in [9.17, 15) is 4.79 Å². The van der Waals surface area contributed by atoms with E-state index in [1.807, 2.05) is 13.0 Å². The second-order valence-corrected chi connectivity index (χ2v) is 4.68. The topological polar surface area (TPSA) is 66.9 Å². The van der Waals surface area contributed by atoms with Crippen molar-refractivity contribution in [3.63, 3.8) is 0 Å². The van der Waals surface area contributed by atoms with Gasteiger partial charge in [0.1, 0.15) is 16.2 Å². The van der Waals surface area contributed by atoms with Crippen LogP contribution in [0.15, 0.2) is 10.7 Å². The van der Waals surface area contributed by atoms with Gasteiger partial charge in [0.15, 0.2) is 0 Å². The minimum absolute atomic E-state index is 0.0481. The molecule has 5 nitrogen and oxygen atoms in total. The summed E-state index contributed by atoms with van der Waals surface area (Å²) in [5, 5.41) is 5.89. The Labute approximate surface area is 116 Å². The highest BCUT2D eigenvalue weighted by atomic mass is 79.9. The van der Waals surface area contributed by atoms with E-state index < -0.39 is 0 Å². The number of carbonyl (C=O) groups is 1. The van der Waals surface area contributed by atoms with Crippen molar-refractivity contribution in [2.24, 2.45) is 0 Å². The summed E-state index contributed by atoms with van der Waals surface area (Å²) < 4.78 is 0.765. The first-order valence-corrected chi connectivity index (χ1v) is 6.99. The van der Waals surface area contributed by atoms with Crippen LogP contribution in [-0.2, 0) is 11.2 Å². The molecule has 1 heterocycles. The molecule has 0 saturated heterocycles. The summed E-state index contributed by atoms with van der Waals surface area (Å²) in [5.41, 5.74) is 0. The fourth-order valence-electron chi connectivity index (χ4n) is 1.48. The first-order chi connectivity index (χ1) is 8.65. The Kier molecular flexibility index (Phi) is 6.64. The van der Waals surface area contributed by atoms with E-state index in [-0.39, 0.29) is 5.91 Å². The van der Waals surface area contributed by atoms with Crippen LogP contribution in [0.1, 0.15) is 32.5 Å². The number of aryl methyl sites for hydroxylation is 1. The standard InChI is InChI=1S/C12H19BrN4O/c1-3-5-10-16-9(13)8-11(17-10)15-7-6-12(18)14-4-2/h8H,3-7H2,1-2H3,(H,14,18)(H,15,16,17). The lowest BCUT2D eigenvalue weighted by molar-refractivity contribution is -0.120. The monoisotopic (exact) mass is 314 g/mol. The van der Waals surface area contributed by atoms with Crippen LogP contribution in [0.5, 0.6) is 0 Å². The van der Waals surface area contributed by atoms with Gasteiger partial charge in [-0.15, -0.1) is 0 Å². The second kappa shape index (κ2) is 8.02. The van der Waals surface area contributed by atoms with Crippen molar-refractivity contribution in [3.8, 4) is 0 Å². The lowest BCUT2D eigenvalue weighted by atomic mass is 10.3. The number of nitrogens with zero attached hydrogens (tertiary/aromatic N) is 2. The summed E-state index contributed by atoms with van der Waals surface area (Å²) in [6.45, 7) is 5.23. The molecule has 0 saturated carbocycles. The number of amides is 1. The molecular weight excluding hydrogens is 296 g/mol. The minimum atomic E-state index is 0.0481. The Morgan fingerprint density at radius 2 is 2.17 bits per heavy atom. The van der Waals surface area contributed by atoms with Gasteiger partial charge in [0.25, 0.3) is 0 Å². The first-order valence-electron chi connectivity index (χ1n) is 6.19. The molecule has 0 atom stereocenters. The zero-order valence-corrected chi connectivity index (χ0v) is 12.4. The number of halogens is 1. The summed E-state index contributed by atoms with van der Waals surface area (Å²) in [5.74, 6) is 1.61. The number of hydrogen-bond donors (Lipinski definition) is 2. The Balaban J connectivity index is 2.48. The fourth-order valence-corrected chi connectivity index (χ4v) is 1.90. The smallest absolute Gasteiger partial charge is 0.221 e. The van der Waals surface area contributed by atoms with Gasteiger partial charge >= 0.3 is 0 Å². The van der Waals surface area contributed by atoms with Crippen LogP contribution < -0.4 is 10.6 Å². The van der Waals surface area contributed by atoms with E-state index >= 15 is 0 Å². The molecule has 1 aromatic rings. The maximum Gasteiger partial charge on any atom is 0.221 e. The molecule has 1 rings (SSSR count). The van der Waals surface area contributed by atoms with Crippen LogP contribution in [-0.4, -0.2) is 29.0 Å². The maximum atomic E-state index is 11.3. The lowest BCUT2D eigenvalue weighted by Gasteiger charge is -2.07. The van der Waals surface area contributed by atoms with Crippen molar-refractivity contribution in [3.05, 3.63) is 16.5 Å². The predicted octanol–water partition coefficient (Wildman–Crippen LogP) is 2.13. The molecule has 0 radical (unpaired) electrons. The molecule has 18 heavy (non-hydrogen) atoms. The highest BCUT2D eigenvalue weighted by Gasteiger charge is 2.03. The van der Waals surface area contributed by atoms with Gasteiger partial charge < -0.3 is 10.6 Å². The number of rotatable bonds is 7. The highest BCUT2D eigenvalue weighted by molar-refractivity contribution is 9.10. The van der Waals surface area contributed by atoms with Gasteiger partial charge in [-0.05, 0) is 29.3 Å². The molecule has 1 amide bonds. The predicted molar refractivity (Wildman–Crippen MR) is 75.5 cm³/mol. The summed E-state index contributed by atoms with van der Waals surface area (Å²) in [7, 11) is 0. The molecule has 0 aliphatic carbocycles. The average Bonchev–Trinajstić information content (AvgIpc) is 2.29. The van der Waals surface area contributed by atoms with E-state index in [1.54, 1.807) is 0 Å². The Bertz CT molecular complexity index is 398. The van der Waals surface area contributed by atoms with Gasteiger partial charge in [-0.1, -0.05) is 6.92 Å². The summed E-state index contributed by atoms with van der Waals surface area (Å²) in [6, 6.07) is 1.82. The van der Waals surface area contributed by atoms with Crippen LogP contribution in [0.2, 0.25) is 0 Å². The van der Waals surface area contributed by atoms with Gasteiger partial charge in [-0.2, -0.15) is 0 Å². The highest BCUT2D eigenvalue weighted by Crippen LogP contribution is 2.13. The quantitative estimate of drug-likeness (QED) is 0.757. The number of carbonyl (C=O) groups excluding carboxylic acids is 1. The third kappa shape index (κ3) is 5.44. The van der Waals surface area contributed by atoms with Gasteiger partial charge in [0, 0.05) is 32.0 Å². The second-order valence-electron chi connectivity index (χ2n) is 3.87. The van der Waals surface area contributed by atoms with E-state index in [1.165, 1.54) is 0 Å². The van der Waals surface area contributed by atoms with E-state index in [2.05, 4.69) is 43.5 Å². The third-order valence-electron chi connectivity index (χ3n) is 2.25. The fraction of sp³-hybridized carbons (Fsp3) is 0.583. The molecule has 100 valence electrons. The molecule has 0 unspecified atom stereocenters. The number of aromatic nitrogens is 2. The Morgan fingerprint density at radius 1 is 1.39 bits per heavy atom. The number of anilines is 1. The summed E-state index contributed by atoms with van der Waals surface area (Å²) >= 11 is 3.36. The molecule has 6 heteroatoms. The van der Waals surface area contributed by atoms with Crippen molar-refractivity contribution in [1.82, 2.24) is 15.3 Å². The first kappa shape index (κ1) is 14.9. The van der Waals surface area contributed by atoms with Crippen LogP contribution in [0.25, 0.3) is 0 Å². The SMILES string of the molecule is CCCc1nc(Br)cc(NCCC(=O)NCC)n1. The zero-order valence-electron chi connectivity index (χ0n) is 10.8. The Hall–Kier alpha value is -1.17. The zero-order chi connectivity index (χ0) is 13.4. The molecule has 2 N–H and O–H groups in total. The van der Waals surface area contributed by atoms with E-state index in [4.69, 9.17) is 0 Å². The molecule has 0 aromatic carbocycles. The van der Waals surface area contributed by atoms with Crippen molar-refractivity contribution in [2.75, 3.05) is 18.4 Å². The van der Waals surface area contributed by atoms with Gasteiger partial charge in [0.2, 0.25) is 5.91 Å². The Morgan fingerprint density at radius 3 is 2.83 bits per heavy atom. The van der Waals surface area contributed by atoms with E-state index in [0.29, 0.717) is 19.5 Å². The third-order valence-corrected chi connectivity index (χ3v) is 2.65. The molecular formula is C12H19BrN4O. The van der Waals surface area contributed by atoms with Crippen molar-refractivity contribution in [2.45, 2.75) is 33.1 Å². The van der Waals surface area contributed by atoms with Crippen LogP contribution >= 0.6 is 15.9 Å². The van der Waals surface area contributed by atoms with Gasteiger partial charge in [-0.25, -0.2) is 9.97 Å². The van der Waals surface area contributed by atoms with Crippen molar-refractivity contribution in [1.29, 1.82) is 0 Å². The largest absolute Gasteiger partial charge is 0.369 e. The summed E-state index contributed by atoms with van der Waals surface area (Å²) in [6.07, 6.45) is 2.30. The molecule has 0 bridgehead atoms. The normalized spacial score (nSPS) is 10.2. The lowest BCUT2D eigenvalue weighted by Crippen LogP contribution is -2.24. The van der Waals surface area contributed by atoms with Crippen LogP contribution in [0, 0.1) is 0 Å². The maximum absolute atomic E-state index is 11.3. The average molecular weight is 315 g/mol. The molecule has 0 spiro atoms.